The summed E-state index contributed by atoms with van der Waals surface area (Å²) in [4.78, 5) is 33.0. The van der Waals surface area contributed by atoms with Gasteiger partial charge in [0.1, 0.15) is 5.66 Å². The average Bonchev–Trinajstić information content (AvgIpc) is 2.24. The molecule has 1 unspecified atom stereocenters. The summed E-state index contributed by atoms with van der Waals surface area (Å²) < 4.78 is 11.1. The molecule has 0 aliphatic rings. The van der Waals surface area contributed by atoms with Gasteiger partial charge in [-0.15, -0.1) is 0 Å². The molecule has 5 N–H and O–H groups in total. The van der Waals surface area contributed by atoms with E-state index in [1.165, 1.54) is 20.5 Å². The maximum atomic E-state index is 12.0. The molecule has 0 aromatic carbocycles. The van der Waals surface area contributed by atoms with Crippen LogP contribution in [0, 0.1) is 0 Å². The van der Waals surface area contributed by atoms with Crippen molar-refractivity contribution in [3.05, 3.63) is 0 Å². The molecule has 1 amide bonds. The van der Waals surface area contributed by atoms with Gasteiger partial charge < -0.3 is 31.2 Å². The molecule has 0 rings (SSSR count). The topological polar surface area (TPSA) is 150 Å². The predicted molar refractivity (Wildman–Crippen MR) is 72.8 cm³/mol. The number of hydrogen-bond acceptors (Lipinski definition) is 6. The second-order valence-corrected chi connectivity index (χ2v) is 7.81. The molecule has 2 atom stereocenters. The van der Waals surface area contributed by atoms with Crippen molar-refractivity contribution in [2.75, 3.05) is 19.4 Å². The molecule has 0 heterocycles. The minimum Gasteiger partial charge on any atom is -0.548 e. The van der Waals surface area contributed by atoms with Crippen LogP contribution >= 0.6 is 7.37 Å². The molecule has 0 radical (unpaired) electrons. The van der Waals surface area contributed by atoms with E-state index in [2.05, 4.69) is 0 Å². The van der Waals surface area contributed by atoms with E-state index in [-0.39, 0.29) is 42.3 Å². The molecule has 8 nitrogen and oxygen atoms in total. The first-order valence-corrected chi connectivity index (χ1v) is 8.54. The zero-order valence-corrected chi connectivity index (χ0v) is 15.9. The molecule has 0 spiro atoms. The van der Waals surface area contributed by atoms with Gasteiger partial charge in [0.25, 0.3) is 5.91 Å². The van der Waals surface area contributed by atoms with E-state index in [1.54, 1.807) is 0 Å². The minimum absolute atomic E-state index is 0. The van der Waals surface area contributed by atoms with Gasteiger partial charge in [0.05, 0.1) is 12.0 Å². The van der Waals surface area contributed by atoms with Crippen molar-refractivity contribution in [3.8, 4) is 0 Å². The molecular formula is C11H23N3NaO5P. The predicted octanol–water partition coefficient (Wildman–Crippen LogP) is -4.73. The van der Waals surface area contributed by atoms with E-state index in [0.717, 1.165) is 4.90 Å². The first-order chi connectivity index (χ1) is 8.86. The molecule has 0 saturated carbocycles. The van der Waals surface area contributed by atoms with Crippen molar-refractivity contribution < 1.29 is 53.7 Å². The molecule has 0 bridgehead atoms. The number of aliphatic carboxylic acids is 1. The van der Waals surface area contributed by atoms with Crippen LogP contribution in [0.1, 0.15) is 26.7 Å². The number of hydrogen-bond donors (Lipinski definition) is 3. The zero-order valence-electron chi connectivity index (χ0n) is 13.0. The van der Waals surface area contributed by atoms with Crippen LogP contribution in [-0.2, 0) is 14.2 Å². The largest absolute Gasteiger partial charge is 1.00 e. The molecule has 0 saturated heterocycles. The second kappa shape index (κ2) is 9.25. The summed E-state index contributed by atoms with van der Waals surface area (Å²) in [5, 5.41) is 10.9. The van der Waals surface area contributed by atoms with Crippen LogP contribution in [-0.4, -0.2) is 52.7 Å². The number of nitrogens with zero attached hydrogens (tertiary/aromatic N) is 1. The average molecular weight is 331 g/mol. The van der Waals surface area contributed by atoms with E-state index in [1.807, 2.05) is 0 Å². The molecule has 0 aromatic rings. The molecule has 0 aliphatic carbocycles. The van der Waals surface area contributed by atoms with Crippen LogP contribution in [0.4, 0.5) is 0 Å². The third-order valence-corrected chi connectivity index (χ3v) is 3.90. The van der Waals surface area contributed by atoms with E-state index in [9.17, 15) is 19.3 Å². The first-order valence-electron chi connectivity index (χ1n) is 6.25. The van der Waals surface area contributed by atoms with Crippen molar-refractivity contribution in [3.63, 3.8) is 0 Å². The number of carbonyl (C=O) groups is 2. The third-order valence-electron chi connectivity index (χ3n) is 2.75. The van der Waals surface area contributed by atoms with Crippen LogP contribution in [0.2, 0.25) is 0 Å². The number of unbranched alkanes of at least 4 members (excludes halogenated alkanes) is 1. The molecule has 0 fully saturated rings. The SMILES string of the molecule is C[C@@H](C(=O)[O-])N(CCCCP(C)(=O)O)C(=O)C(C)(N)N.[Na+]. The van der Waals surface area contributed by atoms with E-state index in [4.69, 9.17) is 16.4 Å². The van der Waals surface area contributed by atoms with Crippen LogP contribution in [0.15, 0.2) is 0 Å². The maximum Gasteiger partial charge on any atom is 1.00 e. The summed E-state index contributed by atoms with van der Waals surface area (Å²) in [6.45, 7) is 3.91. The fraction of sp³-hybridized carbons (Fsp3) is 0.818. The molecule has 21 heavy (non-hydrogen) atoms. The summed E-state index contributed by atoms with van der Waals surface area (Å²) >= 11 is 0. The Bertz CT molecular complexity index is 407. The Morgan fingerprint density at radius 3 is 2.19 bits per heavy atom. The van der Waals surface area contributed by atoms with Crippen LogP contribution < -0.4 is 46.1 Å². The first kappa shape index (κ1) is 23.3. The van der Waals surface area contributed by atoms with Crippen molar-refractivity contribution in [2.45, 2.75) is 38.4 Å². The number of carboxylic acid groups (broad SMARTS) is 1. The zero-order chi connectivity index (χ0) is 16.1. The number of carboxylic acids is 1. The maximum absolute atomic E-state index is 12.0. The quantitative estimate of drug-likeness (QED) is 0.175. The summed E-state index contributed by atoms with van der Waals surface area (Å²) in [7, 11) is -3.11. The molecule has 0 aromatic heterocycles. The smallest absolute Gasteiger partial charge is 0.548 e. The van der Waals surface area contributed by atoms with Crippen molar-refractivity contribution in [2.24, 2.45) is 11.5 Å². The fourth-order valence-electron chi connectivity index (χ4n) is 1.60. The Balaban J connectivity index is 0. The van der Waals surface area contributed by atoms with Crippen LogP contribution in [0.25, 0.3) is 0 Å². The van der Waals surface area contributed by atoms with E-state index in [0.29, 0.717) is 12.8 Å². The monoisotopic (exact) mass is 331 g/mol. The van der Waals surface area contributed by atoms with Crippen LogP contribution in [0.5, 0.6) is 0 Å². The second-order valence-electron chi connectivity index (χ2n) is 5.26. The molecule has 118 valence electrons. The van der Waals surface area contributed by atoms with Gasteiger partial charge in [0.15, 0.2) is 7.37 Å². The van der Waals surface area contributed by atoms with Crippen molar-refractivity contribution in [1.29, 1.82) is 0 Å². The Morgan fingerprint density at radius 2 is 1.86 bits per heavy atom. The summed E-state index contributed by atoms with van der Waals surface area (Å²) in [5.74, 6) is -2.12. The molecule has 0 aliphatic heterocycles. The summed E-state index contributed by atoms with van der Waals surface area (Å²) in [5.41, 5.74) is 9.28. The van der Waals surface area contributed by atoms with Gasteiger partial charge >= 0.3 is 29.6 Å². The Hall–Kier alpha value is 0.0500. The molecular weight excluding hydrogens is 308 g/mol. The standard InChI is InChI=1S/C11H24N3O5P.Na/c1-8(9(15)16)14(10(17)11(2,12)13)6-4-5-7-20(3,18)19;/h8H,4-7,12-13H2,1-3H3,(H,15,16)(H,18,19);/q;+1/p-1/t8-;/m0./s1. The van der Waals surface area contributed by atoms with Gasteiger partial charge in [0, 0.05) is 19.4 Å². The van der Waals surface area contributed by atoms with Gasteiger partial charge in [-0.2, -0.15) is 0 Å². The van der Waals surface area contributed by atoms with Gasteiger partial charge in [0.2, 0.25) is 0 Å². The molecule has 10 heteroatoms. The minimum atomic E-state index is -3.11. The Morgan fingerprint density at radius 1 is 1.38 bits per heavy atom. The van der Waals surface area contributed by atoms with E-state index >= 15 is 0 Å². The van der Waals surface area contributed by atoms with E-state index < -0.39 is 31.0 Å². The van der Waals surface area contributed by atoms with Gasteiger partial charge in [-0.25, -0.2) is 0 Å². The Kier molecular flexibility index (Phi) is 10.3. The van der Waals surface area contributed by atoms with Gasteiger partial charge in [-0.05, 0) is 26.7 Å². The number of nitrogens with two attached hydrogens (primary N) is 2. The third kappa shape index (κ3) is 9.63. The number of amides is 1. The number of rotatable bonds is 8. The number of carbonyl (C=O) groups excluding carboxylic acids is 2. The fourth-order valence-corrected chi connectivity index (χ4v) is 2.41. The van der Waals surface area contributed by atoms with Crippen molar-refractivity contribution in [1.82, 2.24) is 4.90 Å². The van der Waals surface area contributed by atoms with Gasteiger partial charge in [-0.3, -0.25) is 9.36 Å². The summed E-state index contributed by atoms with van der Waals surface area (Å²) in [6, 6.07) is -1.17. The normalized spacial score (nSPS) is 15.5. The Labute approximate surface area is 147 Å². The van der Waals surface area contributed by atoms with Gasteiger partial charge in [-0.1, -0.05) is 0 Å². The van der Waals surface area contributed by atoms with Crippen molar-refractivity contribution >= 4 is 19.2 Å². The summed E-state index contributed by atoms with van der Waals surface area (Å²) in [6.07, 6.45) is 0.870. The van der Waals surface area contributed by atoms with Crippen LogP contribution in [0.3, 0.4) is 0 Å².